The Kier molecular flexibility index (Phi) is 5.86. The van der Waals surface area contributed by atoms with Crippen molar-refractivity contribution in [3.05, 3.63) is 35.9 Å². The summed E-state index contributed by atoms with van der Waals surface area (Å²) in [6, 6.07) is 9.80. The van der Waals surface area contributed by atoms with Crippen LogP contribution >= 0.6 is 0 Å². The minimum Gasteiger partial charge on any atom is -0.344 e. The highest BCUT2D eigenvalue weighted by Gasteiger charge is 2.22. The highest BCUT2D eigenvalue weighted by molar-refractivity contribution is 5.81. The van der Waals surface area contributed by atoms with Gasteiger partial charge in [-0.2, -0.15) is 0 Å². The minimum atomic E-state index is -0.379. The van der Waals surface area contributed by atoms with Crippen molar-refractivity contribution in [1.29, 1.82) is 0 Å². The molecule has 1 aromatic carbocycles. The number of hydrogen-bond acceptors (Lipinski definition) is 2. The summed E-state index contributed by atoms with van der Waals surface area (Å²) in [5, 5.41) is 0. The number of rotatable bonds is 6. The molecule has 100 valence electrons. The maximum atomic E-state index is 12.1. The first kappa shape index (κ1) is 14.7. The quantitative estimate of drug-likeness (QED) is 0.837. The van der Waals surface area contributed by atoms with Crippen molar-refractivity contribution in [2.24, 2.45) is 11.7 Å². The molecule has 0 heterocycles. The van der Waals surface area contributed by atoms with Crippen LogP contribution in [0.1, 0.15) is 25.8 Å². The molecule has 1 aromatic rings. The predicted octanol–water partition coefficient (Wildman–Crippen LogP) is 2.06. The molecule has 18 heavy (non-hydrogen) atoms. The molecule has 0 fully saturated rings. The number of likely N-dealkylation sites (N-methyl/N-ethyl adjacent to an activating group) is 1. The zero-order valence-electron chi connectivity index (χ0n) is 11.6. The van der Waals surface area contributed by atoms with E-state index in [1.807, 2.05) is 32.2 Å². The second-order valence-corrected chi connectivity index (χ2v) is 4.91. The Labute approximate surface area is 110 Å². The molecule has 1 rings (SSSR count). The molecule has 0 bridgehead atoms. The van der Waals surface area contributed by atoms with Gasteiger partial charge in [-0.3, -0.25) is 4.79 Å². The lowest BCUT2D eigenvalue weighted by atomic mass is 9.99. The van der Waals surface area contributed by atoms with Crippen molar-refractivity contribution in [3.63, 3.8) is 0 Å². The third-order valence-electron chi connectivity index (χ3n) is 3.50. The SMILES string of the molecule is CC[C@H](C)[C@H](N)C(=O)N(C)CCc1ccccc1. The first-order valence-corrected chi connectivity index (χ1v) is 6.60. The Morgan fingerprint density at radius 3 is 2.50 bits per heavy atom. The van der Waals surface area contributed by atoms with E-state index in [2.05, 4.69) is 19.1 Å². The number of nitrogens with zero attached hydrogens (tertiary/aromatic N) is 1. The fourth-order valence-electron chi connectivity index (χ4n) is 1.80. The summed E-state index contributed by atoms with van der Waals surface area (Å²) in [5.74, 6) is 0.275. The van der Waals surface area contributed by atoms with E-state index in [0.717, 1.165) is 12.8 Å². The zero-order valence-corrected chi connectivity index (χ0v) is 11.6. The van der Waals surface area contributed by atoms with Crippen molar-refractivity contribution in [1.82, 2.24) is 4.90 Å². The molecule has 0 aliphatic carbocycles. The Morgan fingerprint density at radius 2 is 1.94 bits per heavy atom. The first-order chi connectivity index (χ1) is 8.56. The summed E-state index contributed by atoms with van der Waals surface area (Å²) >= 11 is 0. The van der Waals surface area contributed by atoms with Crippen molar-refractivity contribution in [2.75, 3.05) is 13.6 Å². The second kappa shape index (κ2) is 7.17. The van der Waals surface area contributed by atoms with Crippen LogP contribution in [0, 0.1) is 5.92 Å². The number of amides is 1. The monoisotopic (exact) mass is 248 g/mol. The van der Waals surface area contributed by atoms with Crippen LogP contribution in [0.15, 0.2) is 30.3 Å². The van der Waals surface area contributed by atoms with Crippen molar-refractivity contribution >= 4 is 5.91 Å². The number of carbonyl (C=O) groups is 1. The smallest absolute Gasteiger partial charge is 0.239 e. The summed E-state index contributed by atoms with van der Waals surface area (Å²) in [6.07, 6.45) is 1.80. The van der Waals surface area contributed by atoms with Gasteiger partial charge in [-0.25, -0.2) is 0 Å². The lowest BCUT2D eigenvalue weighted by molar-refractivity contribution is -0.132. The summed E-state index contributed by atoms with van der Waals surface area (Å²) in [5.41, 5.74) is 7.19. The topological polar surface area (TPSA) is 46.3 Å². The number of benzene rings is 1. The Bertz CT molecular complexity index is 364. The lowest BCUT2D eigenvalue weighted by Gasteiger charge is -2.24. The van der Waals surface area contributed by atoms with Crippen LogP contribution in [-0.2, 0) is 11.2 Å². The molecule has 3 heteroatoms. The summed E-state index contributed by atoms with van der Waals surface area (Å²) in [4.78, 5) is 13.8. The highest BCUT2D eigenvalue weighted by Crippen LogP contribution is 2.08. The molecule has 0 saturated heterocycles. The van der Waals surface area contributed by atoms with Gasteiger partial charge in [0, 0.05) is 13.6 Å². The largest absolute Gasteiger partial charge is 0.344 e. The number of nitrogens with two attached hydrogens (primary N) is 1. The third kappa shape index (κ3) is 4.15. The normalized spacial score (nSPS) is 14.0. The van der Waals surface area contributed by atoms with Crippen LogP contribution < -0.4 is 5.73 Å². The number of carbonyl (C=O) groups excluding carboxylic acids is 1. The molecule has 1 amide bonds. The van der Waals surface area contributed by atoms with Gasteiger partial charge in [0.25, 0.3) is 0 Å². The van der Waals surface area contributed by atoms with Crippen LogP contribution in [-0.4, -0.2) is 30.4 Å². The van der Waals surface area contributed by atoms with Crippen molar-refractivity contribution < 1.29 is 4.79 Å². The average molecular weight is 248 g/mol. The van der Waals surface area contributed by atoms with E-state index in [9.17, 15) is 4.79 Å². The molecular formula is C15H24N2O. The predicted molar refractivity (Wildman–Crippen MR) is 75.2 cm³/mol. The maximum Gasteiger partial charge on any atom is 0.239 e. The molecule has 0 spiro atoms. The number of hydrogen-bond donors (Lipinski definition) is 1. The van der Waals surface area contributed by atoms with E-state index in [1.54, 1.807) is 4.90 Å². The molecular weight excluding hydrogens is 224 g/mol. The summed E-state index contributed by atoms with van der Waals surface area (Å²) in [7, 11) is 1.83. The fraction of sp³-hybridized carbons (Fsp3) is 0.533. The lowest BCUT2D eigenvalue weighted by Crippen LogP contribution is -2.46. The van der Waals surface area contributed by atoms with E-state index >= 15 is 0 Å². The van der Waals surface area contributed by atoms with Crippen LogP contribution in [0.25, 0.3) is 0 Å². The standard InChI is InChI=1S/C15H24N2O/c1-4-12(2)14(16)15(18)17(3)11-10-13-8-6-5-7-9-13/h5-9,12,14H,4,10-11,16H2,1-3H3/t12-,14-/m0/s1. The zero-order chi connectivity index (χ0) is 13.5. The molecule has 0 aliphatic heterocycles. The van der Waals surface area contributed by atoms with Gasteiger partial charge in [-0.1, -0.05) is 50.6 Å². The molecule has 3 nitrogen and oxygen atoms in total. The van der Waals surface area contributed by atoms with Gasteiger partial charge in [0.15, 0.2) is 0 Å². The fourth-order valence-corrected chi connectivity index (χ4v) is 1.80. The molecule has 0 unspecified atom stereocenters. The van der Waals surface area contributed by atoms with Crippen molar-refractivity contribution in [3.8, 4) is 0 Å². The third-order valence-corrected chi connectivity index (χ3v) is 3.50. The van der Waals surface area contributed by atoms with E-state index < -0.39 is 0 Å². The van der Waals surface area contributed by atoms with Gasteiger partial charge in [0.05, 0.1) is 6.04 Å². The summed E-state index contributed by atoms with van der Waals surface area (Å²) in [6.45, 7) is 4.79. The molecule has 0 aliphatic rings. The maximum absolute atomic E-state index is 12.1. The van der Waals surface area contributed by atoms with E-state index in [1.165, 1.54) is 5.56 Å². The van der Waals surface area contributed by atoms with Gasteiger partial charge in [0.2, 0.25) is 5.91 Å². The highest BCUT2D eigenvalue weighted by atomic mass is 16.2. The van der Waals surface area contributed by atoms with Gasteiger partial charge >= 0.3 is 0 Å². The first-order valence-electron chi connectivity index (χ1n) is 6.60. The molecule has 0 saturated carbocycles. The van der Waals surface area contributed by atoms with Crippen LogP contribution in [0.5, 0.6) is 0 Å². The average Bonchev–Trinajstić information content (AvgIpc) is 2.43. The van der Waals surface area contributed by atoms with Crippen LogP contribution in [0.2, 0.25) is 0 Å². The van der Waals surface area contributed by atoms with Gasteiger partial charge in [-0.15, -0.1) is 0 Å². The Balaban J connectivity index is 2.45. The minimum absolute atomic E-state index is 0.0419. The van der Waals surface area contributed by atoms with Crippen LogP contribution in [0.4, 0.5) is 0 Å². The molecule has 2 atom stereocenters. The van der Waals surface area contributed by atoms with E-state index in [-0.39, 0.29) is 17.9 Å². The van der Waals surface area contributed by atoms with E-state index in [4.69, 9.17) is 5.73 Å². The van der Waals surface area contributed by atoms with Crippen LogP contribution in [0.3, 0.4) is 0 Å². The molecule has 0 aromatic heterocycles. The Hall–Kier alpha value is -1.35. The molecule has 2 N–H and O–H groups in total. The summed E-state index contributed by atoms with van der Waals surface area (Å²) < 4.78 is 0. The van der Waals surface area contributed by atoms with Crippen molar-refractivity contribution in [2.45, 2.75) is 32.7 Å². The van der Waals surface area contributed by atoms with Gasteiger partial charge in [-0.05, 0) is 17.9 Å². The Morgan fingerprint density at radius 1 is 1.33 bits per heavy atom. The second-order valence-electron chi connectivity index (χ2n) is 4.91. The van der Waals surface area contributed by atoms with Gasteiger partial charge in [0.1, 0.15) is 0 Å². The molecule has 0 radical (unpaired) electrons. The van der Waals surface area contributed by atoms with E-state index in [0.29, 0.717) is 6.54 Å². The van der Waals surface area contributed by atoms with Gasteiger partial charge < -0.3 is 10.6 Å².